The summed E-state index contributed by atoms with van der Waals surface area (Å²) in [4.78, 5) is 17.4. The van der Waals surface area contributed by atoms with Gasteiger partial charge >= 0.3 is 0 Å². The van der Waals surface area contributed by atoms with E-state index in [0.29, 0.717) is 12.1 Å². The van der Waals surface area contributed by atoms with Gasteiger partial charge in [-0.05, 0) is 7.05 Å². The summed E-state index contributed by atoms with van der Waals surface area (Å²) in [7, 11) is 2.05. The summed E-state index contributed by atoms with van der Waals surface area (Å²) in [6, 6.07) is -0.743. The van der Waals surface area contributed by atoms with Gasteiger partial charge in [0.2, 0.25) is 0 Å². The van der Waals surface area contributed by atoms with Gasteiger partial charge in [-0.2, -0.15) is 5.01 Å². The number of likely N-dealkylation sites (N-methyl/N-ethyl adjacent to an activating group) is 1. The van der Waals surface area contributed by atoms with Gasteiger partial charge in [-0.25, -0.2) is 8.78 Å². The van der Waals surface area contributed by atoms with Gasteiger partial charge in [0.1, 0.15) is 24.3 Å². The van der Waals surface area contributed by atoms with Crippen LogP contribution in [-0.2, 0) is 4.79 Å². The van der Waals surface area contributed by atoms with Crippen molar-refractivity contribution < 1.29 is 13.6 Å². The van der Waals surface area contributed by atoms with Gasteiger partial charge in [-0.3, -0.25) is 15.0 Å². The van der Waals surface area contributed by atoms with Crippen LogP contribution in [0.25, 0.3) is 0 Å². The molecule has 4 aliphatic heterocycles. The van der Waals surface area contributed by atoms with Crippen LogP contribution >= 0.6 is 0 Å². The Morgan fingerprint density at radius 1 is 1.18 bits per heavy atom. The van der Waals surface area contributed by atoms with Crippen molar-refractivity contribution >= 4 is 5.91 Å². The average molecular weight is 400 g/mol. The quantitative estimate of drug-likeness (QED) is 0.349. The minimum Gasteiger partial charge on any atom is -0.384 e. The van der Waals surface area contributed by atoms with E-state index in [1.807, 2.05) is 0 Å². The molecule has 6 N–H and O–H groups in total. The summed E-state index contributed by atoms with van der Waals surface area (Å²) in [6.45, 7) is 4.40. The number of hydrogen-bond donors (Lipinski definition) is 5. The number of hydrazine groups is 1. The zero-order chi connectivity index (χ0) is 19.8. The molecule has 4 aliphatic rings. The largest absolute Gasteiger partial charge is 0.384 e. The number of piperidine rings is 1. The number of carbonyl (C=O) groups excluding carboxylic acids is 1. The first-order valence-electron chi connectivity index (χ1n) is 9.92. The molecule has 158 valence electrons. The lowest BCUT2D eigenvalue weighted by atomic mass is 9.95. The standard InChI is InChI=1S/C17H30F2N8O/c1-25-2-4-26(5-3-25)14-11(19)7-21-8-12(14)23-17(28)13-15(20)24-27-9-10(18)6-22-16(13)27/h10-12,14,16,21-22,24H,2-9,20H2,1H3,(H,23,28). The van der Waals surface area contributed by atoms with Gasteiger partial charge in [0.25, 0.3) is 5.91 Å². The maximum Gasteiger partial charge on any atom is 0.254 e. The number of rotatable bonds is 3. The molecule has 4 heterocycles. The minimum atomic E-state index is -1.06. The normalized spacial score (nSPS) is 38.2. The number of fused-ring (bicyclic) bond motifs is 1. The molecule has 1 amide bonds. The Labute approximate surface area is 163 Å². The van der Waals surface area contributed by atoms with Gasteiger partial charge in [-0.15, -0.1) is 0 Å². The molecule has 3 fully saturated rings. The number of nitrogens with zero attached hydrogens (tertiary/aromatic N) is 3. The zero-order valence-electron chi connectivity index (χ0n) is 16.1. The van der Waals surface area contributed by atoms with Crippen LogP contribution in [-0.4, -0.2) is 111 Å². The first kappa shape index (κ1) is 19.8. The van der Waals surface area contributed by atoms with E-state index in [1.54, 1.807) is 5.01 Å². The minimum absolute atomic E-state index is 0.149. The van der Waals surface area contributed by atoms with Crippen LogP contribution in [0.4, 0.5) is 8.78 Å². The highest BCUT2D eigenvalue weighted by molar-refractivity contribution is 5.96. The van der Waals surface area contributed by atoms with Crippen LogP contribution in [0.5, 0.6) is 0 Å². The first-order chi connectivity index (χ1) is 13.4. The topological polar surface area (TPSA) is 101 Å². The lowest BCUT2D eigenvalue weighted by molar-refractivity contribution is -0.120. The molecular formula is C17H30F2N8O. The van der Waals surface area contributed by atoms with E-state index < -0.39 is 18.5 Å². The van der Waals surface area contributed by atoms with Crippen LogP contribution in [0.15, 0.2) is 11.4 Å². The molecule has 3 saturated heterocycles. The number of hydrogen-bond acceptors (Lipinski definition) is 8. The molecule has 0 spiro atoms. The number of piperazine rings is 1. The van der Waals surface area contributed by atoms with E-state index in [0.717, 1.165) is 26.2 Å². The number of halogens is 2. The zero-order valence-corrected chi connectivity index (χ0v) is 16.1. The van der Waals surface area contributed by atoms with Gasteiger partial charge < -0.3 is 26.7 Å². The van der Waals surface area contributed by atoms with Crippen molar-refractivity contribution in [3.8, 4) is 0 Å². The Balaban J connectivity index is 1.45. The van der Waals surface area contributed by atoms with Crippen molar-refractivity contribution in [2.45, 2.75) is 30.6 Å². The Morgan fingerprint density at radius 2 is 1.93 bits per heavy atom. The molecule has 0 aliphatic carbocycles. The molecule has 0 aromatic rings. The number of nitrogens with two attached hydrogens (primary N) is 1. The summed E-state index contributed by atoms with van der Waals surface area (Å²) in [6.07, 6.45) is -2.57. The second-order valence-corrected chi connectivity index (χ2v) is 8.08. The van der Waals surface area contributed by atoms with Crippen molar-refractivity contribution in [1.29, 1.82) is 0 Å². The Morgan fingerprint density at radius 3 is 2.68 bits per heavy atom. The van der Waals surface area contributed by atoms with E-state index in [1.165, 1.54) is 0 Å². The second-order valence-electron chi connectivity index (χ2n) is 8.08. The highest BCUT2D eigenvalue weighted by Crippen LogP contribution is 2.22. The van der Waals surface area contributed by atoms with E-state index in [2.05, 4.69) is 38.2 Å². The summed E-state index contributed by atoms with van der Waals surface area (Å²) in [5.41, 5.74) is 9.21. The Kier molecular flexibility index (Phi) is 5.70. The molecule has 9 nitrogen and oxygen atoms in total. The molecule has 28 heavy (non-hydrogen) atoms. The van der Waals surface area contributed by atoms with Crippen molar-refractivity contribution in [1.82, 2.24) is 36.2 Å². The fourth-order valence-electron chi connectivity index (χ4n) is 4.57. The molecular weight excluding hydrogens is 370 g/mol. The van der Waals surface area contributed by atoms with Crippen molar-refractivity contribution in [3.63, 3.8) is 0 Å². The van der Waals surface area contributed by atoms with Crippen molar-refractivity contribution in [3.05, 3.63) is 11.4 Å². The second kappa shape index (κ2) is 8.07. The third-order valence-corrected chi connectivity index (χ3v) is 6.07. The van der Waals surface area contributed by atoms with Gasteiger partial charge in [0.05, 0.1) is 24.2 Å². The average Bonchev–Trinajstić information content (AvgIpc) is 2.98. The summed E-state index contributed by atoms with van der Waals surface area (Å²) in [5, 5.41) is 10.6. The van der Waals surface area contributed by atoms with E-state index in [4.69, 9.17) is 5.73 Å². The number of carbonyl (C=O) groups is 1. The van der Waals surface area contributed by atoms with Gasteiger partial charge in [-0.1, -0.05) is 0 Å². The third-order valence-electron chi connectivity index (χ3n) is 6.07. The van der Waals surface area contributed by atoms with Crippen molar-refractivity contribution in [2.75, 3.05) is 59.4 Å². The molecule has 4 rings (SSSR count). The third kappa shape index (κ3) is 3.81. The lowest BCUT2D eigenvalue weighted by Gasteiger charge is -2.45. The predicted octanol–water partition coefficient (Wildman–Crippen LogP) is -2.71. The number of amides is 1. The highest BCUT2D eigenvalue weighted by Gasteiger charge is 2.43. The van der Waals surface area contributed by atoms with Crippen molar-refractivity contribution in [2.24, 2.45) is 5.73 Å². The number of alkyl halides is 2. The Hall–Kier alpha value is -1.53. The molecule has 0 aromatic heterocycles. The maximum absolute atomic E-state index is 14.8. The highest BCUT2D eigenvalue weighted by atomic mass is 19.1. The van der Waals surface area contributed by atoms with Gasteiger partial charge in [0, 0.05) is 45.8 Å². The summed E-state index contributed by atoms with van der Waals surface area (Å²) < 4.78 is 28.4. The molecule has 11 heteroatoms. The maximum atomic E-state index is 14.8. The molecule has 0 saturated carbocycles. The van der Waals surface area contributed by atoms with E-state index in [-0.39, 0.29) is 43.4 Å². The van der Waals surface area contributed by atoms with E-state index in [9.17, 15) is 13.6 Å². The smallest absolute Gasteiger partial charge is 0.254 e. The van der Waals surface area contributed by atoms with Crippen LogP contribution < -0.4 is 27.1 Å². The molecule has 5 unspecified atom stereocenters. The molecule has 0 radical (unpaired) electrons. The summed E-state index contributed by atoms with van der Waals surface area (Å²) in [5.74, 6) is -0.136. The van der Waals surface area contributed by atoms with E-state index >= 15 is 0 Å². The molecule has 0 bridgehead atoms. The monoisotopic (exact) mass is 400 g/mol. The SMILES string of the molecule is CN1CCN(C2C(F)CNCC2NC(=O)C2=C(N)NN3CC(F)CNC23)CC1. The molecule has 5 atom stereocenters. The Bertz CT molecular complexity index is 626. The predicted molar refractivity (Wildman–Crippen MR) is 100 cm³/mol. The van der Waals surface area contributed by atoms with Crippen LogP contribution in [0.3, 0.4) is 0 Å². The molecule has 0 aromatic carbocycles. The number of nitrogens with one attached hydrogen (secondary N) is 4. The fourth-order valence-corrected chi connectivity index (χ4v) is 4.57. The lowest BCUT2D eigenvalue weighted by Crippen LogP contribution is -2.67. The van der Waals surface area contributed by atoms with Crippen LogP contribution in [0.1, 0.15) is 0 Å². The fraction of sp³-hybridized carbons (Fsp3) is 0.824. The van der Waals surface area contributed by atoms with Gasteiger partial charge in [0.15, 0.2) is 0 Å². The van der Waals surface area contributed by atoms with Crippen LogP contribution in [0.2, 0.25) is 0 Å². The first-order valence-corrected chi connectivity index (χ1v) is 9.92. The summed E-state index contributed by atoms with van der Waals surface area (Å²) >= 11 is 0. The van der Waals surface area contributed by atoms with Crippen LogP contribution in [0, 0.1) is 0 Å².